The van der Waals surface area contributed by atoms with Gasteiger partial charge in [-0.3, -0.25) is 4.79 Å². The van der Waals surface area contributed by atoms with E-state index in [4.69, 9.17) is 11.6 Å². The molecule has 2 N–H and O–H groups in total. The Morgan fingerprint density at radius 3 is 2.93 bits per heavy atom. The van der Waals surface area contributed by atoms with Crippen LogP contribution in [0.5, 0.6) is 0 Å². The maximum absolute atomic E-state index is 12.2. The lowest BCUT2D eigenvalue weighted by atomic mass is 10.3. The van der Waals surface area contributed by atoms with Gasteiger partial charge in [-0.2, -0.15) is 0 Å². The molecule has 4 rings (SSSR count). The second-order valence-electron chi connectivity index (χ2n) is 6.39. The highest BCUT2D eigenvalue weighted by molar-refractivity contribution is 7.17. The first-order valence-electron chi connectivity index (χ1n) is 9.06. The van der Waals surface area contributed by atoms with Gasteiger partial charge in [-0.05, 0) is 37.2 Å². The van der Waals surface area contributed by atoms with E-state index in [1.165, 1.54) is 11.3 Å². The van der Waals surface area contributed by atoms with Gasteiger partial charge in [0.15, 0.2) is 0 Å². The zero-order chi connectivity index (χ0) is 19.3. The molecule has 0 spiro atoms. The predicted octanol–water partition coefficient (Wildman–Crippen LogP) is 2.11. The van der Waals surface area contributed by atoms with Crippen LogP contribution >= 0.6 is 22.9 Å². The third-order valence-corrected chi connectivity index (χ3v) is 5.72. The van der Waals surface area contributed by atoms with Crippen molar-refractivity contribution in [2.24, 2.45) is 0 Å². The van der Waals surface area contributed by atoms with Crippen molar-refractivity contribution >= 4 is 34.7 Å². The minimum atomic E-state index is -0.173. The Bertz CT molecular complexity index is 932. The SMILES string of the molecule is O=C(NCc1cnnn1-c1ccc(N2CCCNCC2)nc1)c1ccc(Cl)s1. The molecule has 8 nitrogen and oxygen atoms in total. The topological polar surface area (TPSA) is 88.0 Å². The Morgan fingerprint density at radius 1 is 1.21 bits per heavy atom. The molecule has 3 aromatic rings. The fourth-order valence-corrected chi connectivity index (χ4v) is 4.01. The normalized spacial score (nSPS) is 14.7. The van der Waals surface area contributed by atoms with Crippen molar-refractivity contribution < 1.29 is 4.79 Å². The van der Waals surface area contributed by atoms with Crippen molar-refractivity contribution in [2.45, 2.75) is 13.0 Å². The number of amides is 1. The maximum Gasteiger partial charge on any atom is 0.261 e. The molecular weight excluding hydrogens is 398 g/mol. The first-order chi connectivity index (χ1) is 13.7. The summed E-state index contributed by atoms with van der Waals surface area (Å²) in [5.74, 6) is 0.782. The zero-order valence-corrected chi connectivity index (χ0v) is 16.7. The van der Waals surface area contributed by atoms with Gasteiger partial charge in [0.1, 0.15) is 5.82 Å². The third-order valence-electron chi connectivity index (χ3n) is 4.49. The molecule has 0 bridgehead atoms. The van der Waals surface area contributed by atoms with Gasteiger partial charge in [-0.25, -0.2) is 9.67 Å². The molecule has 4 heterocycles. The van der Waals surface area contributed by atoms with Crippen molar-refractivity contribution in [3.8, 4) is 5.69 Å². The van der Waals surface area contributed by atoms with Gasteiger partial charge < -0.3 is 15.5 Å². The smallest absolute Gasteiger partial charge is 0.261 e. The molecule has 3 aromatic heterocycles. The third kappa shape index (κ3) is 4.32. The lowest BCUT2D eigenvalue weighted by molar-refractivity contribution is 0.0954. The number of hydrogen-bond donors (Lipinski definition) is 2. The summed E-state index contributed by atoms with van der Waals surface area (Å²) < 4.78 is 2.27. The number of carbonyl (C=O) groups excluding carboxylic acids is 1. The Labute approximate surface area is 171 Å². The van der Waals surface area contributed by atoms with Crippen molar-refractivity contribution in [3.63, 3.8) is 0 Å². The number of pyridine rings is 1. The maximum atomic E-state index is 12.2. The van der Waals surface area contributed by atoms with Crippen LogP contribution in [-0.2, 0) is 6.54 Å². The summed E-state index contributed by atoms with van der Waals surface area (Å²) in [6.45, 7) is 4.25. The molecular formula is C18H20ClN7OS. The summed E-state index contributed by atoms with van der Waals surface area (Å²) in [5, 5.41) is 14.4. The lowest BCUT2D eigenvalue weighted by Crippen LogP contribution is -2.28. The molecule has 146 valence electrons. The van der Waals surface area contributed by atoms with Gasteiger partial charge in [-0.1, -0.05) is 16.8 Å². The number of nitrogens with zero attached hydrogens (tertiary/aromatic N) is 5. The molecule has 0 aliphatic carbocycles. The van der Waals surface area contributed by atoms with Crippen LogP contribution in [0.15, 0.2) is 36.7 Å². The second-order valence-corrected chi connectivity index (χ2v) is 8.10. The highest BCUT2D eigenvalue weighted by Crippen LogP contribution is 2.21. The number of rotatable bonds is 5. The van der Waals surface area contributed by atoms with E-state index < -0.39 is 0 Å². The average molecular weight is 418 g/mol. The Morgan fingerprint density at radius 2 is 2.14 bits per heavy atom. The van der Waals surface area contributed by atoms with Crippen LogP contribution in [-0.4, -0.2) is 52.1 Å². The minimum Gasteiger partial charge on any atom is -0.355 e. The van der Waals surface area contributed by atoms with Gasteiger partial charge in [0.05, 0.1) is 39.5 Å². The zero-order valence-electron chi connectivity index (χ0n) is 15.1. The van der Waals surface area contributed by atoms with Crippen LogP contribution in [0.2, 0.25) is 4.34 Å². The van der Waals surface area contributed by atoms with E-state index in [9.17, 15) is 4.79 Å². The molecule has 1 amide bonds. The van der Waals surface area contributed by atoms with Crippen LogP contribution in [0.25, 0.3) is 5.69 Å². The lowest BCUT2D eigenvalue weighted by Gasteiger charge is -2.21. The van der Waals surface area contributed by atoms with Crippen molar-refractivity contribution in [2.75, 3.05) is 31.1 Å². The van der Waals surface area contributed by atoms with Crippen LogP contribution in [0.4, 0.5) is 5.82 Å². The molecule has 1 aliphatic heterocycles. The molecule has 1 aliphatic rings. The van der Waals surface area contributed by atoms with Gasteiger partial charge in [0, 0.05) is 19.6 Å². The molecule has 0 aromatic carbocycles. The van der Waals surface area contributed by atoms with Gasteiger partial charge >= 0.3 is 0 Å². The van der Waals surface area contributed by atoms with E-state index >= 15 is 0 Å². The van der Waals surface area contributed by atoms with Crippen LogP contribution in [0.1, 0.15) is 21.8 Å². The minimum absolute atomic E-state index is 0.173. The van der Waals surface area contributed by atoms with Gasteiger partial charge in [-0.15, -0.1) is 16.4 Å². The summed E-state index contributed by atoms with van der Waals surface area (Å²) in [5.41, 5.74) is 1.57. The Hall–Kier alpha value is -2.49. The van der Waals surface area contributed by atoms with Crippen LogP contribution in [0.3, 0.4) is 0 Å². The molecule has 0 atom stereocenters. The standard InChI is InChI=1S/C18H20ClN7OS/c19-16-4-3-15(28-16)18(27)22-11-14-12-23-24-26(14)13-2-5-17(21-10-13)25-8-1-6-20-7-9-25/h2-5,10,12,20H,1,6-9,11H2,(H,22,27). The molecule has 1 saturated heterocycles. The Balaban J connectivity index is 1.44. The number of aromatic nitrogens is 4. The summed E-state index contributed by atoms with van der Waals surface area (Å²) in [7, 11) is 0. The second kappa shape index (κ2) is 8.68. The van der Waals surface area contributed by atoms with E-state index in [0.29, 0.717) is 15.8 Å². The van der Waals surface area contributed by atoms with Crippen molar-refractivity contribution in [1.82, 2.24) is 30.6 Å². The highest BCUT2D eigenvalue weighted by atomic mass is 35.5. The number of carbonyl (C=O) groups is 1. The van der Waals surface area contributed by atoms with Gasteiger partial charge in [0.25, 0.3) is 5.91 Å². The average Bonchev–Trinajstić information content (AvgIpc) is 3.27. The van der Waals surface area contributed by atoms with E-state index in [1.807, 2.05) is 12.1 Å². The van der Waals surface area contributed by atoms with E-state index in [-0.39, 0.29) is 5.91 Å². The van der Waals surface area contributed by atoms with E-state index in [2.05, 4.69) is 30.8 Å². The highest BCUT2D eigenvalue weighted by Gasteiger charge is 2.13. The predicted molar refractivity (Wildman–Crippen MR) is 109 cm³/mol. The number of hydrogen-bond acceptors (Lipinski definition) is 7. The summed E-state index contributed by atoms with van der Waals surface area (Å²) in [4.78, 5) is 19.7. The molecule has 1 fully saturated rings. The Kier molecular flexibility index (Phi) is 5.84. The van der Waals surface area contributed by atoms with Crippen molar-refractivity contribution in [1.29, 1.82) is 0 Å². The van der Waals surface area contributed by atoms with Crippen LogP contribution in [0, 0.1) is 0 Å². The van der Waals surface area contributed by atoms with Crippen molar-refractivity contribution in [3.05, 3.63) is 51.6 Å². The quantitative estimate of drug-likeness (QED) is 0.661. The largest absolute Gasteiger partial charge is 0.355 e. The summed E-state index contributed by atoms with van der Waals surface area (Å²) in [6.07, 6.45) is 4.52. The first kappa shape index (κ1) is 18.9. The first-order valence-corrected chi connectivity index (χ1v) is 10.3. The van der Waals surface area contributed by atoms with Crippen LogP contribution < -0.4 is 15.5 Å². The monoisotopic (exact) mass is 417 g/mol. The molecule has 28 heavy (non-hydrogen) atoms. The fourth-order valence-electron chi connectivity index (χ4n) is 3.05. The molecule has 0 unspecified atom stereocenters. The number of halogens is 1. The van der Waals surface area contributed by atoms with Gasteiger partial charge in [0.2, 0.25) is 0 Å². The summed E-state index contributed by atoms with van der Waals surface area (Å²) in [6, 6.07) is 7.39. The molecule has 10 heteroatoms. The molecule has 0 saturated carbocycles. The number of nitrogens with one attached hydrogen (secondary N) is 2. The van der Waals surface area contributed by atoms with E-state index in [1.54, 1.807) is 29.2 Å². The number of thiophene rings is 1. The summed E-state index contributed by atoms with van der Waals surface area (Å²) >= 11 is 7.13. The number of anilines is 1. The fraction of sp³-hybridized carbons (Fsp3) is 0.333. The van der Waals surface area contributed by atoms with E-state index in [0.717, 1.165) is 49.8 Å². The molecule has 0 radical (unpaired) electrons.